The van der Waals surface area contributed by atoms with Crippen molar-refractivity contribution < 1.29 is 5.11 Å². The molecule has 0 spiro atoms. The van der Waals surface area contributed by atoms with Crippen LogP contribution in [0.5, 0.6) is 5.75 Å². The zero-order valence-electron chi connectivity index (χ0n) is 13.2. The van der Waals surface area contributed by atoms with E-state index in [9.17, 15) is 5.11 Å². The average molecular weight is 306 g/mol. The largest absolute Gasteiger partial charge is 0.508 e. The van der Waals surface area contributed by atoms with Gasteiger partial charge in [-0.25, -0.2) is 4.98 Å². The number of pyridine rings is 1. The van der Waals surface area contributed by atoms with Crippen molar-refractivity contribution in [3.63, 3.8) is 0 Å². The lowest BCUT2D eigenvalue weighted by atomic mass is 10.0. The number of aromatic nitrogens is 4. The summed E-state index contributed by atoms with van der Waals surface area (Å²) in [7, 11) is 0. The zero-order chi connectivity index (χ0) is 16.0. The highest BCUT2D eigenvalue weighted by molar-refractivity contribution is 5.58. The molecule has 23 heavy (non-hydrogen) atoms. The SMILES string of the molecule is Cc1cccc(-c2nnc3n2-c2ccc(O)cc2CCC3C)n1. The second-order valence-electron chi connectivity index (χ2n) is 6.13. The molecule has 0 fully saturated rings. The molecule has 0 bridgehead atoms. The molecule has 0 amide bonds. The first kappa shape index (κ1) is 13.9. The maximum absolute atomic E-state index is 9.81. The number of nitrogens with zero attached hydrogens (tertiary/aromatic N) is 4. The number of phenolic OH excluding ortho intramolecular Hbond substituents is 1. The molecule has 4 rings (SSSR count). The fourth-order valence-corrected chi connectivity index (χ4v) is 3.18. The van der Waals surface area contributed by atoms with Gasteiger partial charge in [-0.2, -0.15) is 0 Å². The van der Waals surface area contributed by atoms with Gasteiger partial charge in [0.15, 0.2) is 5.82 Å². The lowest BCUT2D eigenvalue weighted by Gasteiger charge is -2.12. The first-order valence-corrected chi connectivity index (χ1v) is 7.85. The van der Waals surface area contributed by atoms with Gasteiger partial charge in [-0.05, 0) is 55.7 Å². The van der Waals surface area contributed by atoms with Gasteiger partial charge in [0, 0.05) is 11.6 Å². The number of aryl methyl sites for hydroxylation is 2. The lowest BCUT2D eigenvalue weighted by Crippen LogP contribution is -2.05. The summed E-state index contributed by atoms with van der Waals surface area (Å²) in [4.78, 5) is 4.60. The zero-order valence-corrected chi connectivity index (χ0v) is 13.2. The Morgan fingerprint density at radius 1 is 1.17 bits per heavy atom. The van der Waals surface area contributed by atoms with Crippen molar-refractivity contribution in [2.24, 2.45) is 0 Å². The summed E-state index contributed by atoms with van der Waals surface area (Å²) in [5.41, 5.74) is 3.92. The van der Waals surface area contributed by atoms with Gasteiger partial charge in [0.2, 0.25) is 0 Å². The van der Waals surface area contributed by atoms with Crippen LogP contribution in [-0.2, 0) is 6.42 Å². The Hall–Kier alpha value is -2.69. The Bertz CT molecular complexity index is 884. The van der Waals surface area contributed by atoms with Gasteiger partial charge in [0.1, 0.15) is 17.3 Å². The van der Waals surface area contributed by atoms with Crippen LogP contribution in [0.2, 0.25) is 0 Å². The minimum Gasteiger partial charge on any atom is -0.508 e. The normalized spacial score (nSPS) is 16.5. The number of rotatable bonds is 1. The Morgan fingerprint density at radius 2 is 2.04 bits per heavy atom. The molecule has 0 aliphatic carbocycles. The quantitative estimate of drug-likeness (QED) is 0.748. The molecule has 3 aromatic rings. The highest BCUT2D eigenvalue weighted by atomic mass is 16.3. The van der Waals surface area contributed by atoms with E-state index in [1.54, 1.807) is 6.07 Å². The summed E-state index contributed by atoms with van der Waals surface area (Å²) in [5, 5.41) is 18.7. The molecule has 1 aliphatic rings. The van der Waals surface area contributed by atoms with Crippen molar-refractivity contribution in [3.05, 3.63) is 53.5 Å². The third kappa shape index (κ3) is 2.29. The van der Waals surface area contributed by atoms with Crippen LogP contribution in [0.1, 0.15) is 36.3 Å². The van der Waals surface area contributed by atoms with E-state index in [4.69, 9.17) is 0 Å². The standard InChI is InChI=1S/C18H18N4O/c1-11-6-7-13-10-14(23)8-9-16(13)22-17(11)20-21-18(22)15-5-3-4-12(2)19-15/h3-5,8-11,23H,6-7H2,1-2H3. The van der Waals surface area contributed by atoms with Gasteiger partial charge in [-0.3, -0.25) is 4.57 Å². The third-order valence-electron chi connectivity index (χ3n) is 4.40. The van der Waals surface area contributed by atoms with Gasteiger partial charge in [-0.15, -0.1) is 10.2 Å². The van der Waals surface area contributed by atoms with E-state index in [0.717, 1.165) is 47.1 Å². The lowest BCUT2D eigenvalue weighted by molar-refractivity contribution is 0.474. The summed E-state index contributed by atoms with van der Waals surface area (Å²) < 4.78 is 2.09. The van der Waals surface area contributed by atoms with E-state index < -0.39 is 0 Å². The van der Waals surface area contributed by atoms with Crippen LogP contribution in [0.3, 0.4) is 0 Å². The first-order chi connectivity index (χ1) is 11.1. The highest BCUT2D eigenvalue weighted by Crippen LogP contribution is 2.34. The monoisotopic (exact) mass is 306 g/mol. The fourth-order valence-electron chi connectivity index (χ4n) is 3.18. The number of hydrogen-bond donors (Lipinski definition) is 1. The summed E-state index contributed by atoms with van der Waals surface area (Å²) in [5.74, 6) is 2.30. The molecule has 1 atom stereocenters. The molecular formula is C18H18N4O. The molecule has 116 valence electrons. The molecule has 1 aliphatic heterocycles. The maximum Gasteiger partial charge on any atom is 0.187 e. The van der Waals surface area contributed by atoms with Crippen LogP contribution >= 0.6 is 0 Å². The summed E-state index contributed by atoms with van der Waals surface area (Å²) >= 11 is 0. The smallest absolute Gasteiger partial charge is 0.187 e. The van der Waals surface area contributed by atoms with Gasteiger partial charge in [0.25, 0.3) is 0 Å². The Kier molecular flexibility index (Phi) is 3.15. The molecule has 5 nitrogen and oxygen atoms in total. The van der Waals surface area contributed by atoms with Crippen molar-refractivity contribution in [1.29, 1.82) is 0 Å². The number of hydrogen-bond acceptors (Lipinski definition) is 4. The fraction of sp³-hybridized carbons (Fsp3) is 0.278. The van der Waals surface area contributed by atoms with Crippen molar-refractivity contribution in [3.8, 4) is 23.0 Å². The molecular weight excluding hydrogens is 288 g/mol. The molecule has 0 saturated heterocycles. The number of phenols is 1. The predicted octanol–water partition coefficient (Wildman–Crippen LogP) is 3.39. The number of fused-ring (bicyclic) bond motifs is 3. The summed E-state index contributed by atoms with van der Waals surface area (Å²) in [6.07, 6.45) is 1.89. The van der Waals surface area contributed by atoms with E-state index in [0.29, 0.717) is 11.7 Å². The van der Waals surface area contributed by atoms with Gasteiger partial charge in [0.05, 0.1) is 5.69 Å². The van der Waals surface area contributed by atoms with Crippen molar-refractivity contribution in [2.45, 2.75) is 32.6 Å². The van der Waals surface area contributed by atoms with Crippen LogP contribution in [-0.4, -0.2) is 24.9 Å². The van der Waals surface area contributed by atoms with E-state index in [-0.39, 0.29) is 0 Å². The Balaban J connectivity index is 1.99. The Labute approximate surface area is 134 Å². The van der Waals surface area contributed by atoms with Gasteiger partial charge >= 0.3 is 0 Å². The molecule has 2 aromatic heterocycles. The molecule has 1 unspecified atom stereocenters. The first-order valence-electron chi connectivity index (χ1n) is 7.85. The molecule has 1 aromatic carbocycles. The number of aromatic hydroxyl groups is 1. The average Bonchev–Trinajstić information content (AvgIpc) is 2.92. The van der Waals surface area contributed by atoms with Gasteiger partial charge < -0.3 is 5.11 Å². The summed E-state index contributed by atoms with van der Waals surface area (Å²) in [6.45, 7) is 4.14. The van der Waals surface area contributed by atoms with E-state index in [1.165, 1.54) is 0 Å². The van der Waals surface area contributed by atoms with Crippen LogP contribution < -0.4 is 0 Å². The van der Waals surface area contributed by atoms with Crippen LogP contribution in [0.15, 0.2) is 36.4 Å². The maximum atomic E-state index is 9.81. The van der Waals surface area contributed by atoms with Crippen LogP contribution in [0, 0.1) is 6.92 Å². The third-order valence-corrected chi connectivity index (χ3v) is 4.40. The highest BCUT2D eigenvalue weighted by Gasteiger charge is 2.25. The van der Waals surface area contributed by atoms with Crippen LogP contribution in [0.25, 0.3) is 17.2 Å². The molecule has 3 heterocycles. The molecule has 5 heteroatoms. The molecule has 0 radical (unpaired) electrons. The predicted molar refractivity (Wildman–Crippen MR) is 87.7 cm³/mol. The van der Waals surface area contributed by atoms with Crippen LogP contribution in [0.4, 0.5) is 0 Å². The van der Waals surface area contributed by atoms with E-state index in [1.807, 2.05) is 37.3 Å². The van der Waals surface area contributed by atoms with Crippen molar-refractivity contribution in [1.82, 2.24) is 19.7 Å². The van der Waals surface area contributed by atoms with E-state index in [2.05, 4.69) is 26.7 Å². The summed E-state index contributed by atoms with van der Waals surface area (Å²) in [6, 6.07) is 11.4. The Morgan fingerprint density at radius 3 is 2.87 bits per heavy atom. The minimum absolute atomic E-state index is 0.295. The van der Waals surface area contributed by atoms with Crippen molar-refractivity contribution in [2.75, 3.05) is 0 Å². The van der Waals surface area contributed by atoms with Gasteiger partial charge in [-0.1, -0.05) is 13.0 Å². The second-order valence-corrected chi connectivity index (χ2v) is 6.13. The van der Waals surface area contributed by atoms with Crippen molar-refractivity contribution >= 4 is 0 Å². The minimum atomic E-state index is 0.295. The molecule has 0 saturated carbocycles. The topological polar surface area (TPSA) is 63.8 Å². The van der Waals surface area contributed by atoms with E-state index >= 15 is 0 Å². The second kappa shape index (κ2) is 5.19. The molecule has 1 N–H and O–H groups in total. The number of benzene rings is 1.